The molecule has 0 spiro atoms. The lowest BCUT2D eigenvalue weighted by atomic mass is 10.3. The van der Waals surface area contributed by atoms with Gasteiger partial charge >= 0.3 is 10.3 Å². The van der Waals surface area contributed by atoms with Gasteiger partial charge in [0.05, 0.1) is 10.6 Å². The van der Waals surface area contributed by atoms with Crippen molar-refractivity contribution in [2.75, 3.05) is 5.43 Å². The van der Waals surface area contributed by atoms with Crippen LogP contribution in [0.25, 0.3) is 0 Å². The molecule has 0 bridgehead atoms. The standard InChI is InChI=1S/C6H9N3O5S2/c7-15(10,11)6-3-1-2-5(4-6)8-9-16(12,13)14/h1-4,8-9H,(H2,7,10,11)(H,12,13,14). The summed E-state index contributed by atoms with van der Waals surface area (Å²) in [5.74, 6) is 0. The number of primary sulfonamides is 1. The molecule has 8 nitrogen and oxygen atoms in total. The van der Waals surface area contributed by atoms with Gasteiger partial charge in [0.15, 0.2) is 0 Å². The number of nitrogens with two attached hydrogens (primary N) is 1. The van der Waals surface area contributed by atoms with E-state index in [9.17, 15) is 16.8 Å². The largest absolute Gasteiger partial charge is 0.350 e. The Morgan fingerprint density at radius 1 is 1.19 bits per heavy atom. The van der Waals surface area contributed by atoms with Gasteiger partial charge in [0.25, 0.3) is 0 Å². The van der Waals surface area contributed by atoms with Gasteiger partial charge in [0, 0.05) is 0 Å². The molecule has 16 heavy (non-hydrogen) atoms. The molecule has 0 aliphatic carbocycles. The maximum atomic E-state index is 10.9. The maximum Gasteiger partial charge on any atom is 0.350 e. The minimum atomic E-state index is -4.41. The number of hydrogen-bond acceptors (Lipinski definition) is 5. The Kier molecular flexibility index (Phi) is 3.50. The van der Waals surface area contributed by atoms with Crippen molar-refractivity contribution >= 4 is 26.0 Å². The minimum Gasteiger partial charge on any atom is -0.306 e. The van der Waals surface area contributed by atoms with E-state index in [4.69, 9.17) is 9.69 Å². The van der Waals surface area contributed by atoms with Crippen LogP contribution in [-0.2, 0) is 20.3 Å². The van der Waals surface area contributed by atoms with Gasteiger partial charge in [-0.2, -0.15) is 8.42 Å². The Balaban J connectivity index is 2.92. The number of benzene rings is 1. The lowest BCUT2D eigenvalue weighted by Crippen LogP contribution is -2.28. The van der Waals surface area contributed by atoms with Gasteiger partial charge in [-0.15, -0.1) is 4.83 Å². The molecule has 0 radical (unpaired) electrons. The zero-order valence-electron chi connectivity index (χ0n) is 7.78. The van der Waals surface area contributed by atoms with Crippen LogP contribution in [0.5, 0.6) is 0 Å². The van der Waals surface area contributed by atoms with E-state index < -0.39 is 20.3 Å². The highest BCUT2D eigenvalue weighted by Gasteiger charge is 2.08. The first-order valence-electron chi connectivity index (χ1n) is 3.81. The van der Waals surface area contributed by atoms with E-state index in [1.54, 1.807) is 4.83 Å². The number of hydrazine groups is 1. The molecule has 1 aromatic rings. The first-order valence-corrected chi connectivity index (χ1v) is 6.80. The van der Waals surface area contributed by atoms with Crippen molar-refractivity contribution in [3.8, 4) is 0 Å². The predicted octanol–water partition coefficient (Wildman–Crippen LogP) is -0.947. The minimum absolute atomic E-state index is 0.115. The summed E-state index contributed by atoms with van der Waals surface area (Å²) in [7, 11) is -8.27. The van der Waals surface area contributed by atoms with E-state index in [0.717, 1.165) is 6.07 Å². The topological polar surface area (TPSA) is 139 Å². The third-order valence-electron chi connectivity index (χ3n) is 1.49. The van der Waals surface area contributed by atoms with E-state index in [1.165, 1.54) is 18.2 Å². The molecule has 0 amide bonds. The van der Waals surface area contributed by atoms with Crippen LogP contribution in [0, 0.1) is 0 Å². The second kappa shape index (κ2) is 4.35. The molecular weight excluding hydrogens is 258 g/mol. The lowest BCUT2D eigenvalue weighted by Gasteiger charge is -2.06. The van der Waals surface area contributed by atoms with Gasteiger partial charge in [-0.1, -0.05) is 6.07 Å². The summed E-state index contributed by atoms with van der Waals surface area (Å²) in [6.45, 7) is 0. The van der Waals surface area contributed by atoms with E-state index in [1.807, 2.05) is 0 Å². The fourth-order valence-corrected chi connectivity index (χ4v) is 1.68. The molecule has 5 N–H and O–H groups in total. The molecule has 0 heterocycles. The van der Waals surface area contributed by atoms with Gasteiger partial charge in [0.1, 0.15) is 0 Å². The van der Waals surface area contributed by atoms with Gasteiger partial charge in [-0.3, -0.25) is 4.55 Å². The quantitative estimate of drug-likeness (QED) is 0.410. The molecule has 10 heteroatoms. The van der Waals surface area contributed by atoms with Crippen molar-refractivity contribution in [2.24, 2.45) is 5.14 Å². The normalized spacial score (nSPS) is 12.4. The monoisotopic (exact) mass is 267 g/mol. The molecule has 0 aliphatic rings. The molecule has 0 atom stereocenters. The number of hydrogen-bond donors (Lipinski definition) is 4. The summed E-state index contributed by atoms with van der Waals surface area (Å²) in [6.07, 6.45) is 0. The first kappa shape index (κ1) is 12.9. The second-order valence-corrected chi connectivity index (χ2v) is 5.49. The van der Waals surface area contributed by atoms with Crippen molar-refractivity contribution in [3.05, 3.63) is 24.3 Å². The zero-order valence-corrected chi connectivity index (χ0v) is 9.42. The molecule has 0 saturated carbocycles. The van der Waals surface area contributed by atoms with Crippen LogP contribution in [0.3, 0.4) is 0 Å². The zero-order chi connectivity index (χ0) is 12.4. The Hall–Kier alpha value is -1.20. The van der Waals surface area contributed by atoms with Crippen LogP contribution in [-0.4, -0.2) is 21.4 Å². The Bertz CT molecular complexity index is 580. The maximum absolute atomic E-state index is 10.9. The van der Waals surface area contributed by atoms with Gasteiger partial charge in [-0.05, 0) is 18.2 Å². The summed E-state index contributed by atoms with van der Waals surface area (Å²) in [6, 6.07) is 5.09. The van der Waals surface area contributed by atoms with Crippen LogP contribution >= 0.6 is 0 Å². The summed E-state index contributed by atoms with van der Waals surface area (Å²) in [4.78, 5) is 1.37. The smallest absolute Gasteiger partial charge is 0.306 e. The Morgan fingerprint density at radius 3 is 2.31 bits per heavy atom. The average Bonchev–Trinajstić information content (AvgIpc) is 2.13. The predicted molar refractivity (Wildman–Crippen MR) is 56.1 cm³/mol. The Morgan fingerprint density at radius 2 is 1.81 bits per heavy atom. The number of nitrogens with one attached hydrogen (secondary N) is 2. The van der Waals surface area contributed by atoms with Gasteiger partial charge < -0.3 is 5.43 Å². The SMILES string of the molecule is NS(=O)(=O)c1cccc(NNS(=O)(=O)O)c1. The lowest BCUT2D eigenvalue weighted by molar-refractivity contribution is 0.473. The summed E-state index contributed by atoms with van der Waals surface area (Å²) < 4.78 is 50.9. The average molecular weight is 267 g/mol. The highest BCUT2D eigenvalue weighted by atomic mass is 32.2. The van der Waals surface area contributed by atoms with Crippen LogP contribution in [0.15, 0.2) is 29.2 Å². The molecule has 0 aliphatic heterocycles. The van der Waals surface area contributed by atoms with E-state index >= 15 is 0 Å². The molecular formula is C6H9N3O5S2. The molecule has 0 saturated heterocycles. The molecule has 0 unspecified atom stereocenters. The van der Waals surface area contributed by atoms with E-state index in [-0.39, 0.29) is 10.6 Å². The summed E-state index contributed by atoms with van der Waals surface area (Å²) in [5.41, 5.74) is 2.20. The molecule has 90 valence electrons. The second-order valence-electron chi connectivity index (χ2n) is 2.77. The summed E-state index contributed by atoms with van der Waals surface area (Å²) in [5, 5.41) is 4.86. The highest BCUT2D eigenvalue weighted by Crippen LogP contribution is 2.13. The van der Waals surface area contributed by atoms with Gasteiger partial charge in [-0.25, -0.2) is 13.6 Å². The summed E-state index contributed by atoms with van der Waals surface area (Å²) >= 11 is 0. The first-order chi connectivity index (χ1) is 7.18. The third-order valence-corrected chi connectivity index (χ3v) is 2.76. The van der Waals surface area contributed by atoms with E-state index in [0.29, 0.717) is 0 Å². The fourth-order valence-electron chi connectivity index (χ4n) is 0.874. The van der Waals surface area contributed by atoms with Crippen molar-refractivity contribution in [2.45, 2.75) is 4.90 Å². The van der Waals surface area contributed by atoms with Gasteiger partial charge in [0.2, 0.25) is 10.0 Å². The van der Waals surface area contributed by atoms with Crippen molar-refractivity contribution < 1.29 is 21.4 Å². The number of rotatable bonds is 4. The third kappa shape index (κ3) is 4.12. The van der Waals surface area contributed by atoms with Crippen LogP contribution in [0.4, 0.5) is 5.69 Å². The molecule has 0 aromatic heterocycles. The molecule has 1 aromatic carbocycles. The Labute approximate surface area is 92.4 Å². The van der Waals surface area contributed by atoms with Crippen molar-refractivity contribution in [1.82, 2.24) is 4.83 Å². The van der Waals surface area contributed by atoms with E-state index in [2.05, 4.69) is 5.43 Å². The van der Waals surface area contributed by atoms with Crippen LogP contribution in [0.1, 0.15) is 0 Å². The molecule has 1 rings (SSSR count). The number of anilines is 1. The van der Waals surface area contributed by atoms with Crippen molar-refractivity contribution in [1.29, 1.82) is 0 Å². The highest BCUT2D eigenvalue weighted by molar-refractivity contribution is 7.89. The molecule has 0 fully saturated rings. The van der Waals surface area contributed by atoms with Crippen molar-refractivity contribution in [3.63, 3.8) is 0 Å². The fraction of sp³-hybridized carbons (Fsp3) is 0. The number of sulfonamides is 1. The van der Waals surface area contributed by atoms with Crippen LogP contribution in [0.2, 0.25) is 0 Å². The van der Waals surface area contributed by atoms with Crippen LogP contribution < -0.4 is 15.4 Å².